The summed E-state index contributed by atoms with van der Waals surface area (Å²) in [6.45, 7) is 17.0. The van der Waals surface area contributed by atoms with Crippen LogP contribution in [0.3, 0.4) is 0 Å². The van der Waals surface area contributed by atoms with E-state index in [0.29, 0.717) is 6.42 Å². The van der Waals surface area contributed by atoms with E-state index in [9.17, 15) is 4.79 Å². The zero-order chi connectivity index (χ0) is 21.0. The van der Waals surface area contributed by atoms with E-state index < -0.39 is 6.10 Å². The van der Waals surface area contributed by atoms with Crippen molar-refractivity contribution in [3.05, 3.63) is 0 Å². The molecule has 0 saturated carbocycles. The average molecular weight is 389 g/mol. The molecule has 0 rings (SSSR count). The molecule has 0 aliphatic heterocycles. The van der Waals surface area contributed by atoms with Crippen molar-refractivity contribution in [3.8, 4) is 0 Å². The normalized spacial score (nSPS) is 12.3. The molecule has 0 aliphatic rings. The van der Waals surface area contributed by atoms with Gasteiger partial charge in [0.1, 0.15) is 0 Å². The van der Waals surface area contributed by atoms with Crippen LogP contribution in [0.5, 0.6) is 0 Å². The SMILES string of the molecule is CCCC(O)CC(=O)OC.CCCC[N+](CCCC)(CCCC)CCCC. The van der Waals surface area contributed by atoms with Crippen molar-refractivity contribution in [2.24, 2.45) is 0 Å². The van der Waals surface area contributed by atoms with Crippen LogP contribution in [0.25, 0.3) is 0 Å². The van der Waals surface area contributed by atoms with Crippen molar-refractivity contribution >= 4 is 5.97 Å². The van der Waals surface area contributed by atoms with E-state index in [4.69, 9.17) is 5.11 Å². The molecule has 0 aromatic rings. The van der Waals surface area contributed by atoms with Gasteiger partial charge in [-0.25, -0.2) is 0 Å². The summed E-state index contributed by atoms with van der Waals surface area (Å²) in [6.07, 6.45) is 12.2. The zero-order valence-corrected chi connectivity index (χ0v) is 19.4. The van der Waals surface area contributed by atoms with Crippen LogP contribution < -0.4 is 0 Å². The first-order valence-corrected chi connectivity index (χ1v) is 11.5. The Labute approximate surface area is 170 Å². The number of rotatable bonds is 16. The van der Waals surface area contributed by atoms with Crippen molar-refractivity contribution in [3.63, 3.8) is 0 Å². The number of unbranched alkanes of at least 4 members (excludes halogenated alkanes) is 4. The molecule has 0 fully saturated rings. The molecule has 0 saturated heterocycles. The van der Waals surface area contributed by atoms with Crippen LogP contribution in [0.2, 0.25) is 0 Å². The number of quaternary nitrogens is 1. The number of ether oxygens (including phenoxy) is 1. The van der Waals surface area contributed by atoms with Crippen molar-refractivity contribution in [2.75, 3.05) is 33.3 Å². The number of carbonyl (C=O) groups excluding carboxylic acids is 1. The highest BCUT2D eigenvalue weighted by molar-refractivity contribution is 5.69. The number of hydrogen-bond donors (Lipinski definition) is 1. The van der Waals surface area contributed by atoms with Gasteiger partial charge in [-0.15, -0.1) is 0 Å². The predicted molar refractivity (Wildman–Crippen MR) is 117 cm³/mol. The number of carbonyl (C=O) groups is 1. The first-order chi connectivity index (χ1) is 12.9. The molecule has 0 radical (unpaired) electrons. The van der Waals surface area contributed by atoms with E-state index in [1.807, 2.05) is 6.92 Å². The fraction of sp³-hybridized carbons (Fsp3) is 0.957. The molecule has 0 aliphatic carbocycles. The van der Waals surface area contributed by atoms with Crippen molar-refractivity contribution < 1.29 is 19.1 Å². The molecule has 0 aromatic carbocycles. The quantitative estimate of drug-likeness (QED) is 0.272. The average Bonchev–Trinajstić information content (AvgIpc) is 2.67. The third-order valence-electron chi connectivity index (χ3n) is 5.20. The van der Waals surface area contributed by atoms with E-state index in [-0.39, 0.29) is 12.4 Å². The molecule has 1 atom stereocenters. The molecule has 4 heteroatoms. The second-order valence-electron chi connectivity index (χ2n) is 7.87. The van der Waals surface area contributed by atoms with Crippen LogP contribution in [0.15, 0.2) is 0 Å². The van der Waals surface area contributed by atoms with E-state index in [1.165, 1.54) is 89.1 Å². The maximum atomic E-state index is 10.5. The Morgan fingerprint density at radius 3 is 1.41 bits per heavy atom. The zero-order valence-electron chi connectivity index (χ0n) is 19.4. The predicted octanol–water partition coefficient (Wildman–Crippen LogP) is 5.71. The maximum absolute atomic E-state index is 10.5. The monoisotopic (exact) mass is 388 g/mol. The van der Waals surface area contributed by atoms with E-state index in [0.717, 1.165) is 6.42 Å². The number of hydrogen-bond acceptors (Lipinski definition) is 3. The highest BCUT2D eigenvalue weighted by Crippen LogP contribution is 2.16. The largest absolute Gasteiger partial charge is 0.469 e. The van der Waals surface area contributed by atoms with Gasteiger partial charge in [-0.3, -0.25) is 4.79 Å². The Kier molecular flexibility index (Phi) is 21.3. The molecule has 4 nitrogen and oxygen atoms in total. The summed E-state index contributed by atoms with van der Waals surface area (Å²) in [7, 11) is 1.32. The van der Waals surface area contributed by atoms with Crippen LogP contribution >= 0.6 is 0 Å². The molecule has 0 amide bonds. The fourth-order valence-electron chi connectivity index (χ4n) is 3.36. The van der Waals surface area contributed by atoms with Crippen LogP contribution in [0.4, 0.5) is 0 Å². The smallest absolute Gasteiger partial charge is 0.308 e. The molecule has 0 aromatic heterocycles. The minimum Gasteiger partial charge on any atom is -0.469 e. The minimum atomic E-state index is -0.530. The fourth-order valence-corrected chi connectivity index (χ4v) is 3.36. The van der Waals surface area contributed by atoms with Crippen molar-refractivity contribution in [1.29, 1.82) is 0 Å². The lowest BCUT2D eigenvalue weighted by Gasteiger charge is -2.39. The number of aliphatic hydroxyl groups is 1. The molecule has 0 heterocycles. The third-order valence-corrected chi connectivity index (χ3v) is 5.20. The summed E-state index contributed by atoms with van der Waals surface area (Å²) in [6, 6.07) is 0. The topological polar surface area (TPSA) is 46.5 Å². The van der Waals surface area contributed by atoms with Gasteiger partial charge in [0.2, 0.25) is 0 Å². The van der Waals surface area contributed by atoms with Gasteiger partial charge in [0.05, 0.1) is 45.8 Å². The molecule has 1 N–H and O–H groups in total. The summed E-state index contributed by atoms with van der Waals surface area (Å²) in [5.74, 6) is -0.346. The number of aliphatic hydroxyl groups excluding tert-OH is 1. The molecule has 164 valence electrons. The second kappa shape index (κ2) is 20.1. The number of esters is 1. The molecule has 0 bridgehead atoms. The van der Waals surface area contributed by atoms with Gasteiger partial charge in [0, 0.05) is 0 Å². The van der Waals surface area contributed by atoms with E-state index in [2.05, 4.69) is 32.4 Å². The van der Waals surface area contributed by atoms with E-state index in [1.54, 1.807) is 0 Å². The van der Waals surface area contributed by atoms with Gasteiger partial charge in [-0.05, 0) is 32.1 Å². The lowest BCUT2D eigenvalue weighted by molar-refractivity contribution is -0.929. The van der Waals surface area contributed by atoms with E-state index >= 15 is 0 Å². The Morgan fingerprint density at radius 1 is 0.778 bits per heavy atom. The molecular formula is C23H50NO3+. The lowest BCUT2D eigenvalue weighted by Crippen LogP contribution is -2.50. The minimum absolute atomic E-state index is 0.115. The standard InChI is InChI=1S/C16H36N.C7H14O3/c1-5-9-13-17(14-10-6-2,15-11-7-3)16-12-8-4;1-3-4-6(8)5-7(9)10-2/h5-16H2,1-4H3;6,8H,3-5H2,1-2H3/q+1;. The van der Waals surface area contributed by atoms with Gasteiger partial charge >= 0.3 is 5.97 Å². The highest BCUT2D eigenvalue weighted by Gasteiger charge is 2.24. The summed E-state index contributed by atoms with van der Waals surface area (Å²) in [5, 5.41) is 9.05. The number of nitrogens with zero attached hydrogens (tertiary/aromatic N) is 1. The first-order valence-electron chi connectivity index (χ1n) is 11.5. The van der Waals surface area contributed by atoms with Gasteiger partial charge < -0.3 is 14.3 Å². The Balaban J connectivity index is 0. The van der Waals surface area contributed by atoms with Crippen LogP contribution in [-0.4, -0.2) is 55.0 Å². The van der Waals surface area contributed by atoms with Gasteiger partial charge in [-0.2, -0.15) is 0 Å². The highest BCUT2D eigenvalue weighted by atomic mass is 16.5. The second-order valence-corrected chi connectivity index (χ2v) is 7.87. The maximum Gasteiger partial charge on any atom is 0.308 e. The Bertz CT molecular complexity index is 283. The number of methoxy groups -OCH3 is 1. The van der Waals surface area contributed by atoms with Gasteiger partial charge in [0.15, 0.2) is 0 Å². The van der Waals surface area contributed by atoms with Crippen molar-refractivity contribution in [1.82, 2.24) is 0 Å². The summed E-state index contributed by atoms with van der Waals surface area (Å²) in [5.41, 5.74) is 0. The van der Waals surface area contributed by atoms with Crippen LogP contribution in [-0.2, 0) is 9.53 Å². The Morgan fingerprint density at radius 2 is 1.15 bits per heavy atom. The third kappa shape index (κ3) is 17.2. The van der Waals surface area contributed by atoms with Crippen molar-refractivity contribution in [2.45, 2.75) is 111 Å². The molecule has 0 spiro atoms. The first kappa shape index (κ1) is 28.6. The van der Waals surface area contributed by atoms with Crippen LogP contribution in [0, 0.1) is 0 Å². The van der Waals surface area contributed by atoms with Gasteiger partial charge in [-0.1, -0.05) is 66.7 Å². The molecular weight excluding hydrogens is 338 g/mol. The summed E-state index contributed by atoms with van der Waals surface area (Å²) >= 11 is 0. The van der Waals surface area contributed by atoms with Gasteiger partial charge in [0.25, 0.3) is 0 Å². The lowest BCUT2D eigenvalue weighted by atomic mass is 10.1. The Hall–Kier alpha value is -0.610. The molecule has 27 heavy (non-hydrogen) atoms. The summed E-state index contributed by atoms with van der Waals surface area (Å²) in [4.78, 5) is 10.5. The van der Waals surface area contributed by atoms with Crippen LogP contribution in [0.1, 0.15) is 105 Å². The summed E-state index contributed by atoms with van der Waals surface area (Å²) < 4.78 is 5.79. The molecule has 1 unspecified atom stereocenters.